The molecular formula is C21H28N2O6. The van der Waals surface area contributed by atoms with E-state index in [1.807, 2.05) is 6.07 Å². The molecule has 0 heterocycles. The number of rotatable bonds is 7. The van der Waals surface area contributed by atoms with Gasteiger partial charge < -0.3 is 25.3 Å². The van der Waals surface area contributed by atoms with Crippen molar-refractivity contribution >= 4 is 23.5 Å². The van der Waals surface area contributed by atoms with Gasteiger partial charge >= 0.3 is 11.9 Å². The molecule has 6 unspecified atom stereocenters. The van der Waals surface area contributed by atoms with Crippen molar-refractivity contribution in [3.63, 3.8) is 0 Å². The van der Waals surface area contributed by atoms with E-state index < -0.39 is 52.7 Å². The van der Waals surface area contributed by atoms with E-state index >= 15 is 0 Å². The molecule has 1 aromatic carbocycles. The molecule has 6 atom stereocenters. The Labute approximate surface area is 170 Å². The first kappa shape index (κ1) is 21.3. The van der Waals surface area contributed by atoms with Crippen LogP contribution in [-0.4, -0.2) is 49.8 Å². The van der Waals surface area contributed by atoms with Crippen molar-refractivity contribution < 1.29 is 28.6 Å². The van der Waals surface area contributed by atoms with E-state index in [0.29, 0.717) is 5.69 Å². The fourth-order valence-electron chi connectivity index (χ4n) is 5.01. The number of para-hydroxylation sites is 1. The number of carbonyl (C=O) groups is 3. The number of fused-ring (bicyclic) bond motifs is 1. The molecule has 3 rings (SSSR count). The van der Waals surface area contributed by atoms with Crippen LogP contribution in [0.4, 0.5) is 5.69 Å². The molecule has 0 spiro atoms. The summed E-state index contributed by atoms with van der Waals surface area (Å²) in [5.41, 5.74) is 4.51. The van der Waals surface area contributed by atoms with Gasteiger partial charge in [0.05, 0.1) is 31.2 Å². The minimum Gasteiger partial charge on any atom is -0.466 e. The molecule has 0 saturated heterocycles. The molecule has 29 heavy (non-hydrogen) atoms. The summed E-state index contributed by atoms with van der Waals surface area (Å²) in [5, 5.41) is 2.80. The van der Waals surface area contributed by atoms with Gasteiger partial charge in [0, 0.05) is 24.1 Å². The molecule has 2 aliphatic carbocycles. The largest absolute Gasteiger partial charge is 0.466 e. The van der Waals surface area contributed by atoms with E-state index in [1.54, 1.807) is 45.0 Å². The Morgan fingerprint density at radius 2 is 1.69 bits per heavy atom. The van der Waals surface area contributed by atoms with E-state index in [0.717, 1.165) is 0 Å². The van der Waals surface area contributed by atoms with Gasteiger partial charge in [0.2, 0.25) is 5.91 Å². The van der Waals surface area contributed by atoms with Gasteiger partial charge in [-0.2, -0.15) is 0 Å². The molecule has 0 radical (unpaired) electrons. The molecular weight excluding hydrogens is 376 g/mol. The first-order valence-electron chi connectivity index (χ1n) is 9.80. The van der Waals surface area contributed by atoms with Crippen molar-refractivity contribution in [3.8, 4) is 0 Å². The van der Waals surface area contributed by atoms with Gasteiger partial charge in [-0.05, 0) is 26.0 Å². The van der Waals surface area contributed by atoms with Crippen molar-refractivity contribution in [2.24, 2.45) is 28.9 Å². The van der Waals surface area contributed by atoms with Crippen LogP contribution >= 0.6 is 0 Å². The molecule has 1 aromatic rings. The van der Waals surface area contributed by atoms with Crippen LogP contribution in [0.3, 0.4) is 0 Å². The van der Waals surface area contributed by atoms with Crippen LogP contribution < -0.4 is 11.1 Å². The SMILES string of the molecule is CCOC(=O)C1C2C(OC)C(C(=O)Nc3ccccc3)C(N)(C(=O)OCC)C12C. The van der Waals surface area contributed by atoms with Crippen LogP contribution in [0.15, 0.2) is 30.3 Å². The van der Waals surface area contributed by atoms with Crippen LogP contribution in [0.25, 0.3) is 0 Å². The monoisotopic (exact) mass is 404 g/mol. The first-order chi connectivity index (χ1) is 13.8. The smallest absolute Gasteiger partial charge is 0.327 e. The first-order valence-corrected chi connectivity index (χ1v) is 9.80. The molecule has 0 aliphatic heterocycles. The highest BCUT2D eigenvalue weighted by molar-refractivity contribution is 6.01. The summed E-state index contributed by atoms with van der Waals surface area (Å²) in [4.78, 5) is 38.8. The Kier molecular flexibility index (Phi) is 5.69. The zero-order chi connectivity index (χ0) is 21.4. The molecule has 2 saturated carbocycles. The maximum Gasteiger partial charge on any atom is 0.327 e. The lowest BCUT2D eigenvalue weighted by Gasteiger charge is -2.37. The third-order valence-corrected chi connectivity index (χ3v) is 6.40. The number of hydrogen-bond donors (Lipinski definition) is 2. The molecule has 8 heteroatoms. The fourth-order valence-corrected chi connectivity index (χ4v) is 5.01. The highest BCUT2D eigenvalue weighted by Crippen LogP contribution is 2.74. The van der Waals surface area contributed by atoms with Crippen molar-refractivity contribution in [3.05, 3.63) is 30.3 Å². The highest BCUT2D eigenvalue weighted by Gasteiger charge is 2.87. The number of amides is 1. The number of anilines is 1. The average molecular weight is 404 g/mol. The minimum atomic E-state index is -1.73. The molecule has 158 valence electrons. The topological polar surface area (TPSA) is 117 Å². The van der Waals surface area contributed by atoms with Gasteiger partial charge in [0.15, 0.2) is 0 Å². The Bertz CT molecular complexity index is 800. The summed E-state index contributed by atoms with van der Waals surface area (Å²) in [6.07, 6.45) is -0.729. The predicted octanol–water partition coefficient (Wildman–Crippen LogP) is 1.35. The lowest BCUT2D eigenvalue weighted by Crippen LogP contribution is -2.64. The van der Waals surface area contributed by atoms with Gasteiger partial charge in [0.25, 0.3) is 0 Å². The summed E-state index contributed by atoms with van der Waals surface area (Å²) in [7, 11) is 1.45. The van der Waals surface area contributed by atoms with Crippen molar-refractivity contribution in [2.75, 3.05) is 25.6 Å². The maximum atomic E-state index is 13.2. The van der Waals surface area contributed by atoms with Crippen molar-refractivity contribution in [2.45, 2.75) is 32.4 Å². The predicted molar refractivity (Wildman–Crippen MR) is 105 cm³/mol. The summed E-state index contributed by atoms with van der Waals surface area (Å²) in [5.74, 6) is -3.69. The van der Waals surface area contributed by atoms with Crippen LogP contribution in [0.1, 0.15) is 20.8 Å². The molecule has 8 nitrogen and oxygen atoms in total. The number of ether oxygens (including phenoxy) is 3. The second kappa shape index (κ2) is 7.76. The van der Waals surface area contributed by atoms with E-state index in [9.17, 15) is 14.4 Å². The number of nitrogens with one attached hydrogen (secondary N) is 1. The third-order valence-electron chi connectivity index (χ3n) is 6.40. The average Bonchev–Trinajstić information content (AvgIpc) is 3.27. The van der Waals surface area contributed by atoms with Crippen molar-refractivity contribution in [1.82, 2.24) is 0 Å². The maximum absolute atomic E-state index is 13.2. The van der Waals surface area contributed by atoms with Crippen LogP contribution in [0, 0.1) is 23.2 Å². The number of nitrogens with two attached hydrogens (primary N) is 1. The van der Waals surface area contributed by atoms with E-state index in [1.165, 1.54) is 7.11 Å². The fraction of sp³-hybridized carbons (Fsp3) is 0.571. The van der Waals surface area contributed by atoms with Gasteiger partial charge in [0.1, 0.15) is 5.54 Å². The molecule has 2 aliphatic rings. The Morgan fingerprint density at radius 3 is 2.24 bits per heavy atom. The Balaban J connectivity index is 2.00. The number of esters is 2. The van der Waals surface area contributed by atoms with Crippen LogP contribution in [-0.2, 0) is 28.6 Å². The lowest BCUT2D eigenvalue weighted by molar-refractivity contribution is -0.161. The standard InChI is InChI=1S/C21H28N2O6/c1-5-28-18(25)14-13-16(27-4)15(17(24)23-12-10-8-7-9-11-12)21(22,20(13,14)3)19(26)29-6-2/h7-11,13-16H,5-6,22H2,1-4H3,(H,23,24). The highest BCUT2D eigenvalue weighted by atomic mass is 16.5. The molecule has 1 amide bonds. The lowest BCUT2D eigenvalue weighted by atomic mass is 9.73. The number of benzene rings is 1. The zero-order valence-electron chi connectivity index (χ0n) is 17.1. The van der Waals surface area contributed by atoms with Gasteiger partial charge in [-0.25, -0.2) is 0 Å². The molecule has 2 fully saturated rings. The summed E-state index contributed by atoms with van der Waals surface area (Å²) in [6, 6.07) is 8.88. The third kappa shape index (κ3) is 3.02. The summed E-state index contributed by atoms with van der Waals surface area (Å²) < 4.78 is 16.1. The quantitative estimate of drug-likeness (QED) is 0.659. The molecule has 0 bridgehead atoms. The van der Waals surface area contributed by atoms with Gasteiger partial charge in [-0.15, -0.1) is 0 Å². The van der Waals surface area contributed by atoms with E-state index in [2.05, 4.69) is 5.32 Å². The second-order valence-electron chi connectivity index (χ2n) is 7.66. The molecule has 3 N–H and O–H groups in total. The minimum absolute atomic E-state index is 0.104. The normalized spacial score (nSPS) is 34.8. The summed E-state index contributed by atoms with van der Waals surface area (Å²) >= 11 is 0. The van der Waals surface area contributed by atoms with E-state index in [4.69, 9.17) is 19.9 Å². The second-order valence-corrected chi connectivity index (χ2v) is 7.66. The number of carbonyl (C=O) groups excluding carboxylic acids is 3. The van der Waals surface area contributed by atoms with Crippen molar-refractivity contribution in [1.29, 1.82) is 0 Å². The van der Waals surface area contributed by atoms with Crippen LogP contribution in [0.5, 0.6) is 0 Å². The number of methoxy groups -OCH3 is 1. The Morgan fingerprint density at radius 1 is 1.07 bits per heavy atom. The van der Waals surface area contributed by atoms with Crippen LogP contribution in [0.2, 0.25) is 0 Å². The summed E-state index contributed by atoms with van der Waals surface area (Å²) in [6.45, 7) is 5.43. The number of hydrogen-bond acceptors (Lipinski definition) is 7. The van der Waals surface area contributed by atoms with Gasteiger partial charge in [-0.3, -0.25) is 14.4 Å². The Hall–Kier alpha value is -2.45. The van der Waals surface area contributed by atoms with Gasteiger partial charge in [-0.1, -0.05) is 25.1 Å². The van der Waals surface area contributed by atoms with E-state index in [-0.39, 0.29) is 13.2 Å². The molecule has 0 aromatic heterocycles. The zero-order valence-corrected chi connectivity index (χ0v) is 17.1.